The van der Waals surface area contributed by atoms with Crippen LogP contribution in [0.5, 0.6) is 0 Å². The van der Waals surface area contributed by atoms with Crippen LogP contribution < -0.4 is 5.32 Å². The fourth-order valence-electron chi connectivity index (χ4n) is 9.59. The molecule has 2 saturated carbocycles. The molecule has 1 amide bonds. The Hall–Kier alpha value is -4.69. The molecule has 2 aromatic rings. The number of esters is 3. The minimum Gasteiger partial charge on any atom is -0.458 e. The van der Waals surface area contributed by atoms with E-state index in [4.69, 9.17) is 18.9 Å². The standard InChI is InChI=1S/C43H51NO12/c1-8-22(2)38(50)44-32(25-15-11-9-12-16-25)34(48)40(52)54-28-19-27-35(55-39(51)26-17-13-10-14-18-26)36-42(7,37(49)33(47)31(23(28)3)41(27,5)6)29(46)20-30-43(36,21-53-30)56-24(4)45/h8-18,27-30,32-36,46-48H,19-21H2,1-7H3,(H,44,50). The molecule has 0 radical (unpaired) electrons. The van der Waals surface area contributed by atoms with Crippen LogP contribution in [0.3, 0.4) is 0 Å². The lowest BCUT2D eigenvalue weighted by atomic mass is 9.46. The van der Waals surface area contributed by atoms with Crippen LogP contribution in [-0.4, -0.2) is 93.7 Å². The molecule has 4 aliphatic rings. The number of nitrogens with one attached hydrogen (secondary N) is 1. The number of carbonyl (C=O) groups is 5. The maximum atomic E-state index is 14.9. The van der Waals surface area contributed by atoms with Crippen molar-refractivity contribution in [3.05, 3.63) is 94.6 Å². The Morgan fingerprint density at radius 2 is 1.57 bits per heavy atom. The molecule has 11 atom stereocenters. The normalized spacial score (nSPS) is 33.2. The molecule has 4 N–H and O–H groups in total. The van der Waals surface area contributed by atoms with E-state index in [1.165, 1.54) is 13.8 Å². The fourth-order valence-corrected chi connectivity index (χ4v) is 9.59. The van der Waals surface area contributed by atoms with Crippen molar-refractivity contribution in [2.75, 3.05) is 6.61 Å². The highest BCUT2D eigenvalue weighted by atomic mass is 16.6. The molecule has 3 aliphatic carbocycles. The molecule has 6 rings (SSSR count). The summed E-state index contributed by atoms with van der Waals surface area (Å²) in [5.41, 5.74) is -2.90. The van der Waals surface area contributed by atoms with Crippen molar-refractivity contribution >= 4 is 29.6 Å². The van der Waals surface area contributed by atoms with Gasteiger partial charge in [0.15, 0.2) is 17.5 Å². The van der Waals surface area contributed by atoms with Gasteiger partial charge >= 0.3 is 17.9 Å². The van der Waals surface area contributed by atoms with Crippen molar-refractivity contribution in [2.24, 2.45) is 22.7 Å². The SMILES string of the molecule is CC=C(C)C(=O)NC(c1ccccc1)C(O)C(=O)OC1CC2C(OC(=O)c3ccccc3)C3C4(OC(C)=O)COC4CC(O)C3(C)C(=O)C(O)C(=C1C)C2(C)C. The van der Waals surface area contributed by atoms with Crippen LogP contribution in [0.1, 0.15) is 83.3 Å². The van der Waals surface area contributed by atoms with Crippen LogP contribution in [0.4, 0.5) is 0 Å². The summed E-state index contributed by atoms with van der Waals surface area (Å²) in [5.74, 6) is -5.86. The lowest BCUT2D eigenvalue weighted by molar-refractivity contribution is -0.335. The molecule has 1 aliphatic heterocycles. The van der Waals surface area contributed by atoms with Gasteiger partial charge in [0.2, 0.25) is 5.91 Å². The summed E-state index contributed by atoms with van der Waals surface area (Å²) < 4.78 is 24.5. The first-order valence-electron chi connectivity index (χ1n) is 19.0. The lowest BCUT2D eigenvalue weighted by Gasteiger charge is -2.65. The van der Waals surface area contributed by atoms with E-state index in [0.29, 0.717) is 16.7 Å². The second-order valence-electron chi connectivity index (χ2n) is 16.2. The molecule has 11 unspecified atom stereocenters. The summed E-state index contributed by atoms with van der Waals surface area (Å²) in [5, 5.41) is 38.3. The monoisotopic (exact) mass is 773 g/mol. The van der Waals surface area contributed by atoms with E-state index in [1.54, 1.807) is 101 Å². The second kappa shape index (κ2) is 15.3. The van der Waals surface area contributed by atoms with Gasteiger partial charge < -0.3 is 39.6 Å². The van der Waals surface area contributed by atoms with Crippen LogP contribution >= 0.6 is 0 Å². The molecular weight excluding hydrogens is 722 g/mol. The number of allylic oxidation sites excluding steroid dienone is 1. The summed E-state index contributed by atoms with van der Waals surface area (Å²) in [7, 11) is 0. The maximum Gasteiger partial charge on any atom is 0.338 e. The number of hydrogen-bond donors (Lipinski definition) is 4. The van der Waals surface area contributed by atoms with Crippen LogP contribution in [0.25, 0.3) is 0 Å². The third kappa shape index (κ3) is 6.78. The van der Waals surface area contributed by atoms with Gasteiger partial charge in [0.25, 0.3) is 0 Å². The van der Waals surface area contributed by atoms with Gasteiger partial charge in [-0.1, -0.05) is 68.5 Å². The molecule has 2 aromatic carbocycles. The molecule has 0 aromatic heterocycles. The number of fused-ring (bicyclic) bond motifs is 5. The van der Waals surface area contributed by atoms with Gasteiger partial charge in [0.05, 0.1) is 35.6 Å². The Bertz CT molecular complexity index is 1940. The molecule has 13 nitrogen and oxygen atoms in total. The Morgan fingerprint density at radius 3 is 2.14 bits per heavy atom. The number of ketones is 1. The second-order valence-corrected chi connectivity index (χ2v) is 16.2. The number of benzene rings is 2. The molecule has 13 heteroatoms. The topological polar surface area (TPSA) is 195 Å². The molecule has 3 fully saturated rings. The van der Waals surface area contributed by atoms with Gasteiger partial charge in [-0.3, -0.25) is 14.4 Å². The third-order valence-corrected chi connectivity index (χ3v) is 12.8. The summed E-state index contributed by atoms with van der Waals surface area (Å²) in [6, 6.07) is 15.5. The predicted octanol–water partition coefficient (Wildman–Crippen LogP) is 3.70. The fraction of sp³-hybridized carbons (Fsp3) is 0.512. The Morgan fingerprint density at radius 1 is 0.946 bits per heavy atom. The predicted molar refractivity (Wildman–Crippen MR) is 200 cm³/mol. The summed E-state index contributed by atoms with van der Waals surface area (Å²) in [6.07, 6.45) is -6.93. The van der Waals surface area contributed by atoms with Crippen molar-refractivity contribution in [1.82, 2.24) is 5.32 Å². The maximum absolute atomic E-state index is 14.9. The average Bonchev–Trinajstić information content (AvgIpc) is 3.17. The van der Waals surface area contributed by atoms with Crippen LogP contribution in [0.2, 0.25) is 0 Å². The van der Waals surface area contributed by atoms with E-state index >= 15 is 0 Å². The van der Waals surface area contributed by atoms with Crippen molar-refractivity contribution in [3.63, 3.8) is 0 Å². The van der Waals surface area contributed by atoms with Gasteiger partial charge in [0, 0.05) is 24.8 Å². The molecule has 56 heavy (non-hydrogen) atoms. The van der Waals surface area contributed by atoms with E-state index < -0.39 is 101 Å². The van der Waals surface area contributed by atoms with Crippen LogP contribution in [-0.2, 0) is 38.1 Å². The average molecular weight is 774 g/mol. The van der Waals surface area contributed by atoms with Crippen molar-refractivity contribution < 1.29 is 58.2 Å². The van der Waals surface area contributed by atoms with Crippen molar-refractivity contribution in [3.8, 4) is 0 Å². The summed E-state index contributed by atoms with van der Waals surface area (Å²) in [6.45, 7) is 11.1. The highest BCUT2D eigenvalue weighted by Gasteiger charge is 2.75. The van der Waals surface area contributed by atoms with Crippen LogP contribution in [0.15, 0.2) is 83.5 Å². The first-order valence-corrected chi connectivity index (χ1v) is 19.0. The molecule has 2 bridgehead atoms. The number of rotatable bonds is 9. The van der Waals surface area contributed by atoms with Gasteiger partial charge in [-0.2, -0.15) is 0 Å². The van der Waals surface area contributed by atoms with Crippen LogP contribution in [0, 0.1) is 22.7 Å². The zero-order valence-corrected chi connectivity index (χ0v) is 32.7. The van der Waals surface area contributed by atoms with E-state index in [1.807, 2.05) is 0 Å². The number of ether oxygens (including phenoxy) is 4. The number of Topliss-reactive ketones (excluding diaryl/α,β-unsaturated/α-hetero) is 1. The third-order valence-electron chi connectivity index (χ3n) is 12.8. The van der Waals surface area contributed by atoms with Gasteiger partial charge in [-0.05, 0) is 68.4 Å². The Labute approximate surface area is 326 Å². The van der Waals surface area contributed by atoms with Gasteiger partial charge in [0.1, 0.15) is 24.4 Å². The van der Waals surface area contributed by atoms with Crippen molar-refractivity contribution in [1.29, 1.82) is 0 Å². The number of aliphatic hydroxyl groups is 3. The molecule has 1 heterocycles. The minimum absolute atomic E-state index is 0.0289. The number of aliphatic hydroxyl groups excluding tert-OH is 3. The molecule has 300 valence electrons. The van der Waals surface area contributed by atoms with Gasteiger partial charge in [-0.15, -0.1) is 0 Å². The quantitative estimate of drug-likeness (QED) is 0.125. The summed E-state index contributed by atoms with van der Waals surface area (Å²) in [4.78, 5) is 68.8. The first-order chi connectivity index (χ1) is 26.4. The molecule has 0 spiro atoms. The Balaban J connectivity index is 1.47. The molecule has 1 saturated heterocycles. The smallest absolute Gasteiger partial charge is 0.338 e. The highest BCUT2D eigenvalue weighted by molar-refractivity contribution is 5.94. The summed E-state index contributed by atoms with van der Waals surface area (Å²) >= 11 is 0. The van der Waals surface area contributed by atoms with Crippen molar-refractivity contribution in [2.45, 2.75) is 110 Å². The zero-order chi connectivity index (χ0) is 40.9. The minimum atomic E-state index is -1.89. The molecular formula is C43H51NO12. The van der Waals surface area contributed by atoms with E-state index in [-0.39, 0.29) is 30.6 Å². The first kappa shape index (κ1) is 41.0. The van der Waals surface area contributed by atoms with E-state index in [2.05, 4.69) is 5.32 Å². The number of carbonyl (C=O) groups excluding carboxylic acids is 5. The number of amides is 1. The lowest BCUT2D eigenvalue weighted by Crippen LogP contribution is -2.79. The Kier molecular flexibility index (Phi) is 11.2. The largest absolute Gasteiger partial charge is 0.458 e. The van der Waals surface area contributed by atoms with Gasteiger partial charge in [-0.25, -0.2) is 9.59 Å². The zero-order valence-electron chi connectivity index (χ0n) is 32.7. The van der Waals surface area contributed by atoms with E-state index in [9.17, 15) is 39.3 Å². The van der Waals surface area contributed by atoms with E-state index in [0.717, 1.165) is 0 Å². The number of hydrogen-bond acceptors (Lipinski definition) is 12. The highest BCUT2D eigenvalue weighted by Crippen LogP contribution is 2.63.